The van der Waals surface area contributed by atoms with Gasteiger partial charge < -0.3 is 0 Å². The first-order valence-electron chi connectivity index (χ1n) is 8.32. The van der Waals surface area contributed by atoms with Gasteiger partial charge in [0.05, 0.1) is 5.56 Å². The van der Waals surface area contributed by atoms with E-state index in [1.165, 1.54) is 12.1 Å². The minimum absolute atomic E-state index is 0.341. The van der Waals surface area contributed by atoms with Crippen LogP contribution in [0.3, 0.4) is 0 Å². The quantitative estimate of drug-likeness (QED) is 0.386. The summed E-state index contributed by atoms with van der Waals surface area (Å²) in [6.45, 7) is 4.13. The molecule has 0 unspecified atom stereocenters. The van der Waals surface area contributed by atoms with E-state index in [2.05, 4.69) is 29.8 Å². The Balaban J connectivity index is 2.06. The van der Waals surface area contributed by atoms with Crippen LogP contribution in [-0.2, 0) is 11.6 Å². The van der Waals surface area contributed by atoms with Crippen molar-refractivity contribution in [3.05, 3.63) is 81.8 Å². The van der Waals surface area contributed by atoms with Gasteiger partial charge in [0.1, 0.15) is 0 Å². The lowest BCUT2D eigenvalue weighted by atomic mass is 9.82. The molecule has 3 aromatic rings. The predicted molar refractivity (Wildman–Crippen MR) is 102 cm³/mol. The summed E-state index contributed by atoms with van der Waals surface area (Å²) in [7, 11) is 0. The Morgan fingerprint density at radius 2 is 1.46 bits per heavy atom. The van der Waals surface area contributed by atoms with Crippen LogP contribution >= 0.6 is 15.9 Å². The summed E-state index contributed by atoms with van der Waals surface area (Å²) in [6, 6.07) is 17.9. The number of fused-ring (bicyclic) bond motifs is 3. The molecule has 0 saturated heterocycles. The Labute approximate surface area is 158 Å². The molecular formula is C22H16BrF3. The van der Waals surface area contributed by atoms with Crippen molar-refractivity contribution in [2.24, 2.45) is 0 Å². The minimum Gasteiger partial charge on any atom is -0.166 e. The smallest absolute Gasteiger partial charge is 0.166 e. The van der Waals surface area contributed by atoms with Crippen molar-refractivity contribution >= 4 is 15.9 Å². The molecule has 0 spiro atoms. The third-order valence-corrected chi connectivity index (χ3v) is 5.88. The molecule has 0 nitrogen and oxygen atoms in total. The van der Waals surface area contributed by atoms with Crippen LogP contribution in [0.1, 0.15) is 30.5 Å². The van der Waals surface area contributed by atoms with Crippen molar-refractivity contribution in [2.45, 2.75) is 25.4 Å². The highest BCUT2D eigenvalue weighted by Crippen LogP contribution is 2.53. The summed E-state index contributed by atoms with van der Waals surface area (Å²) < 4.78 is 40.8. The van der Waals surface area contributed by atoms with Crippen LogP contribution in [-0.4, -0.2) is 0 Å². The van der Waals surface area contributed by atoms with Gasteiger partial charge in [0.25, 0.3) is 0 Å². The van der Waals surface area contributed by atoms with E-state index in [1.807, 2.05) is 42.5 Å². The average molecular weight is 417 g/mol. The van der Waals surface area contributed by atoms with Gasteiger partial charge in [-0.25, -0.2) is 0 Å². The van der Waals surface area contributed by atoms with Crippen LogP contribution in [0.15, 0.2) is 65.1 Å². The first-order chi connectivity index (χ1) is 12.2. The third kappa shape index (κ3) is 2.50. The molecule has 1 aliphatic carbocycles. The molecule has 0 fully saturated rings. The Morgan fingerprint density at radius 3 is 2.15 bits per heavy atom. The van der Waals surface area contributed by atoms with Crippen molar-refractivity contribution in [1.82, 2.24) is 0 Å². The first kappa shape index (κ1) is 17.3. The van der Waals surface area contributed by atoms with E-state index in [0.717, 1.165) is 32.3 Å². The van der Waals surface area contributed by atoms with Crippen LogP contribution in [0.2, 0.25) is 0 Å². The molecule has 0 saturated carbocycles. The van der Waals surface area contributed by atoms with Gasteiger partial charge in [0.15, 0.2) is 0 Å². The molecular weight excluding hydrogens is 401 g/mol. The summed E-state index contributed by atoms with van der Waals surface area (Å²) in [5, 5.41) is 0. The van der Waals surface area contributed by atoms with Gasteiger partial charge in [-0.2, -0.15) is 13.2 Å². The summed E-state index contributed by atoms with van der Waals surface area (Å²) >= 11 is 3.58. The maximum absolute atomic E-state index is 13.3. The van der Waals surface area contributed by atoms with Gasteiger partial charge >= 0.3 is 6.18 Å². The Kier molecular flexibility index (Phi) is 3.81. The highest BCUT2D eigenvalue weighted by Gasteiger charge is 2.39. The Hall–Kier alpha value is -2.07. The fraction of sp³-hybridized carbons (Fsp3) is 0.182. The SMILES string of the molecule is CC1(C)c2ccc(C(F)(F)F)cc2-c2c(-c3ccccc3Br)cccc21. The van der Waals surface area contributed by atoms with Crippen molar-refractivity contribution in [3.63, 3.8) is 0 Å². The minimum atomic E-state index is -4.36. The number of hydrogen-bond acceptors (Lipinski definition) is 0. The van der Waals surface area contributed by atoms with E-state index in [1.54, 1.807) is 6.07 Å². The highest BCUT2D eigenvalue weighted by atomic mass is 79.9. The zero-order valence-corrected chi connectivity index (χ0v) is 15.9. The van der Waals surface area contributed by atoms with Crippen molar-refractivity contribution in [3.8, 4) is 22.3 Å². The normalized spacial score (nSPS) is 14.8. The van der Waals surface area contributed by atoms with Crippen LogP contribution in [0, 0.1) is 0 Å². The topological polar surface area (TPSA) is 0 Å². The molecule has 3 aromatic carbocycles. The molecule has 0 N–H and O–H groups in total. The van der Waals surface area contributed by atoms with E-state index in [0.29, 0.717) is 5.56 Å². The second-order valence-electron chi connectivity index (χ2n) is 7.09. The van der Waals surface area contributed by atoms with Gasteiger partial charge in [-0.15, -0.1) is 0 Å². The summed E-state index contributed by atoms with van der Waals surface area (Å²) in [5.41, 5.74) is 4.52. The molecule has 0 bridgehead atoms. The monoisotopic (exact) mass is 416 g/mol. The number of halogens is 4. The van der Waals surface area contributed by atoms with Crippen LogP contribution in [0.4, 0.5) is 13.2 Å². The lowest BCUT2D eigenvalue weighted by Crippen LogP contribution is -2.15. The maximum Gasteiger partial charge on any atom is 0.416 e. The molecule has 4 heteroatoms. The van der Waals surface area contributed by atoms with E-state index in [-0.39, 0.29) is 5.41 Å². The molecule has 132 valence electrons. The lowest BCUT2D eigenvalue weighted by molar-refractivity contribution is -0.137. The first-order valence-corrected chi connectivity index (χ1v) is 9.11. The molecule has 4 rings (SSSR count). The maximum atomic E-state index is 13.3. The zero-order chi connectivity index (χ0) is 18.7. The van der Waals surface area contributed by atoms with E-state index >= 15 is 0 Å². The van der Waals surface area contributed by atoms with Gasteiger partial charge in [-0.1, -0.05) is 72.2 Å². The summed E-state index contributed by atoms with van der Waals surface area (Å²) in [5.74, 6) is 0. The summed E-state index contributed by atoms with van der Waals surface area (Å²) in [6.07, 6.45) is -4.36. The largest absolute Gasteiger partial charge is 0.416 e. The standard InChI is InChI=1S/C22H16BrF3/c1-21(2)17-11-10-13(22(24,25)26)12-16(17)20-15(7-5-8-18(20)21)14-6-3-4-9-19(14)23/h3-12H,1-2H3. The fourth-order valence-corrected chi connectivity index (χ4v) is 4.38. The molecule has 0 aromatic heterocycles. The van der Waals surface area contributed by atoms with Crippen LogP contribution in [0.5, 0.6) is 0 Å². The molecule has 0 aliphatic heterocycles. The second kappa shape index (κ2) is 5.71. The van der Waals surface area contributed by atoms with Gasteiger partial charge in [0.2, 0.25) is 0 Å². The van der Waals surface area contributed by atoms with E-state index < -0.39 is 11.7 Å². The van der Waals surface area contributed by atoms with Gasteiger partial charge in [-0.3, -0.25) is 0 Å². The van der Waals surface area contributed by atoms with Crippen LogP contribution in [0.25, 0.3) is 22.3 Å². The predicted octanol–water partition coefficient (Wildman–Crippen LogP) is 7.44. The van der Waals surface area contributed by atoms with E-state index in [4.69, 9.17) is 0 Å². The number of hydrogen-bond donors (Lipinski definition) is 0. The molecule has 1 aliphatic rings. The number of rotatable bonds is 1. The van der Waals surface area contributed by atoms with Crippen molar-refractivity contribution in [2.75, 3.05) is 0 Å². The van der Waals surface area contributed by atoms with E-state index in [9.17, 15) is 13.2 Å². The number of alkyl halides is 3. The van der Waals surface area contributed by atoms with Crippen molar-refractivity contribution < 1.29 is 13.2 Å². The number of benzene rings is 3. The Bertz CT molecular complexity index is 1020. The third-order valence-electron chi connectivity index (χ3n) is 5.19. The molecule has 0 heterocycles. The molecule has 0 radical (unpaired) electrons. The molecule has 0 amide bonds. The Morgan fingerprint density at radius 1 is 0.769 bits per heavy atom. The highest BCUT2D eigenvalue weighted by molar-refractivity contribution is 9.10. The molecule has 26 heavy (non-hydrogen) atoms. The lowest BCUT2D eigenvalue weighted by Gasteiger charge is -2.22. The fourth-order valence-electron chi connectivity index (χ4n) is 3.88. The van der Waals surface area contributed by atoms with Gasteiger partial charge in [0, 0.05) is 9.89 Å². The van der Waals surface area contributed by atoms with Gasteiger partial charge in [-0.05, 0) is 51.6 Å². The summed E-state index contributed by atoms with van der Waals surface area (Å²) in [4.78, 5) is 0. The molecule has 0 atom stereocenters. The van der Waals surface area contributed by atoms with Crippen molar-refractivity contribution in [1.29, 1.82) is 0 Å². The zero-order valence-electron chi connectivity index (χ0n) is 14.3. The second-order valence-corrected chi connectivity index (χ2v) is 7.95. The average Bonchev–Trinajstić information content (AvgIpc) is 2.82. The van der Waals surface area contributed by atoms with Crippen LogP contribution < -0.4 is 0 Å².